The fourth-order valence-corrected chi connectivity index (χ4v) is 1.66. The monoisotopic (exact) mass is 237 g/mol. The van der Waals surface area contributed by atoms with Crippen molar-refractivity contribution in [1.82, 2.24) is 9.88 Å². The van der Waals surface area contributed by atoms with Gasteiger partial charge in [0.1, 0.15) is 6.20 Å². The summed E-state index contributed by atoms with van der Waals surface area (Å²) in [6.07, 6.45) is 1.19. The zero-order valence-electron chi connectivity index (χ0n) is 9.20. The molecule has 7 heteroatoms. The zero-order valence-corrected chi connectivity index (χ0v) is 9.20. The number of nitro groups is 1. The molecule has 0 aromatic carbocycles. The highest BCUT2D eigenvalue weighted by Gasteiger charge is 2.32. The molecule has 0 saturated carbocycles. The molecule has 17 heavy (non-hydrogen) atoms. The van der Waals surface area contributed by atoms with E-state index in [1.54, 1.807) is 7.05 Å². The van der Waals surface area contributed by atoms with Gasteiger partial charge in [-0.1, -0.05) is 0 Å². The molecule has 1 fully saturated rings. The van der Waals surface area contributed by atoms with Crippen LogP contribution in [0, 0.1) is 10.1 Å². The van der Waals surface area contributed by atoms with Crippen LogP contribution in [-0.2, 0) is 4.79 Å². The first kappa shape index (κ1) is 11.3. The molecule has 0 N–H and O–H groups in total. The van der Waals surface area contributed by atoms with Gasteiger partial charge in [0, 0.05) is 20.0 Å². The minimum Gasteiger partial charge on any atom is -0.472 e. The number of pyridine rings is 1. The van der Waals surface area contributed by atoms with Crippen molar-refractivity contribution in [1.29, 1.82) is 0 Å². The number of rotatable bonds is 3. The second-order valence-electron chi connectivity index (χ2n) is 3.74. The Kier molecular flexibility index (Phi) is 2.90. The third kappa shape index (κ3) is 2.17. The van der Waals surface area contributed by atoms with Crippen molar-refractivity contribution in [3.05, 3.63) is 28.4 Å². The molecule has 1 aromatic rings. The molecule has 0 aliphatic carbocycles. The average Bonchev–Trinajstić information content (AvgIpc) is 2.61. The molecule has 90 valence electrons. The zero-order chi connectivity index (χ0) is 12.4. The lowest BCUT2D eigenvalue weighted by atomic mass is 10.3. The fraction of sp³-hybridized carbons (Fsp3) is 0.400. The van der Waals surface area contributed by atoms with Crippen molar-refractivity contribution in [2.45, 2.75) is 12.5 Å². The maximum Gasteiger partial charge on any atom is 0.406 e. The second kappa shape index (κ2) is 4.36. The van der Waals surface area contributed by atoms with E-state index in [1.807, 2.05) is 0 Å². The predicted molar refractivity (Wildman–Crippen MR) is 57.6 cm³/mol. The molecule has 1 amide bonds. The van der Waals surface area contributed by atoms with Gasteiger partial charge in [-0.15, -0.1) is 0 Å². The molecule has 0 radical (unpaired) electrons. The molecule has 1 aromatic heterocycles. The molecule has 2 rings (SSSR count). The van der Waals surface area contributed by atoms with Crippen LogP contribution in [-0.4, -0.2) is 40.4 Å². The number of carbonyl (C=O) groups is 1. The molecule has 1 atom stereocenters. The van der Waals surface area contributed by atoms with Crippen LogP contribution in [0.4, 0.5) is 5.82 Å². The van der Waals surface area contributed by atoms with Gasteiger partial charge in [0.25, 0.3) is 5.91 Å². The first-order chi connectivity index (χ1) is 8.09. The van der Waals surface area contributed by atoms with Gasteiger partial charge in [-0.25, -0.2) is 0 Å². The maximum absolute atomic E-state index is 11.6. The molecule has 2 heterocycles. The predicted octanol–water partition coefficient (Wildman–Crippen LogP) is 0.599. The number of carbonyl (C=O) groups excluding carboxylic acids is 1. The minimum absolute atomic E-state index is 0.0335. The van der Waals surface area contributed by atoms with Crippen molar-refractivity contribution in [2.75, 3.05) is 13.6 Å². The summed E-state index contributed by atoms with van der Waals surface area (Å²) in [7, 11) is 1.67. The maximum atomic E-state index is 11.6. The third-order valence-corrected chi connectivity index (χ3v) is 2.57. The van der Waals surface area contributed by atoms with Gasteiger partial charge in [0.05, 0.1) is 0 Å². The SMILES string of the molecule is CN1CC[C@H](Oc2cccnc2[N+](=O)[O-])C1=O. The largest absolute Gasteiger partial charge is 0.472 e. The van der Waals surface area contributed by atoms with Crippen molar-refractivity contribution in [3.63, 3.8) is 0 Å². The Bertz CT molecular complexity index is 463. The van der Waals surface area contributed by atoms with E-state index in [1.165, 1.54) is 23.2 Å². The van der Waals surface area contributed by atoms with Crippen LogP contribution in [0.25, 0.3) is 0 Å². The molecule has 0 spiro atoms. The Morgan fingerprint density at radius 3 is 3.00 bits per heavy atom. The van der Waals surface area contributed by atoms with Gasteiger partial charge in [-0.2, -0.15) is 0 Å². The Balaban J connectivity index is 2.19. The molecule has 0 unspecified atom stereocenters. The Morgan fingerprint density at radius 1 is 1.65 bits per heavy atom. The number of amides is 1. The summed E-state index contributed by atoms with van der Waals surface area (Å²) in [6, 6.07) is 2.97. The Hall–Kier alpha value is -2.18. The van der Waals surface area contributed by atoms with Crippen LogP contribution in [0.2, 0.25) is 0 Å². The molecular weight excluding hydrogens is 226 g/mol. The third-order valence-electron chi connectivity index (χ3n) is 2.57. The van der Waals surface area contributed by atoms with Gasteiger partial charge in [0.2, 0.25) is 5.75 Å². The van der Waals surface area contributed by atoms with E-state index < -0.39 is 11.0 Å². The summed E-state index contributed by atoms with van der Waals surface area (Å²) in [4.78, 5) is 26.8. The molecule has 0 bridgehead atoms. The highest BCUT2D eigenvalue weighted by Crippen LogP contribution is 2.26. The van der Waals surface area contributed by atoms with E-state index in [-0.39, 0.29) is 17.5 Å². The molecular formula is C10H11N3O4. The number of nitrogens with zero attached hydrogens (tertiary/aromatic N) is 3. The summed E-state index contributed by atoms with van der Waals surface area (Å²) in [5.74, 6) is -0.496. The second-order valence-corrected chi connectivity index (χ2v) is 3.74. The van der Waals surface area contributed by atoms with Crippen LogP contribution in [0.15, 0.2) is 18.3 Å². The van der Waals surface area contributed by atoms with Crippen LogP contribution in [0.1, 0.15) is 6.42 Å². The van der Waals surface area contributed by atoms with E-state index in [2.05, 4.69) is 4.98 Å². The van der Waals surface area contributed by atoms with Crippen LogP contribution in [0.5, 0.6) is 5.75 Å². The molecule has 1 aliphatic rings. The van der Waals surface area contributed by atoms with Crippen LogP contribution < -0.4 is 4.74 Å². The lowest BCUT2D eigenvalue weighted by Gasteiger charge is -2.12. The summed E-state index contributed by atoms with van der Waals surface area (Å²) in [5.41, 5.74) is 0. The standard InChI is InChI=1S/C10H11N3O4/c1-12-6-4-8(10(12)14)17-7-3-2-5-11-9(7)13(15)16/h2-3,5,8H,4,6H2,1H3/t8-/m0/s1. The molecule has 1 aliphatic heterocycles. The lowest BCUT2D eigenvalue weighted by Crippen LogP contribution is -2.29. The smallest absolute Gasteiger partial charge is 0.406 e. The number of likely N-dealkylation sites (tertiary alicyclic amines) is 1. The van der Waals surface area contributed by atoms with Gasteiger partial charge in [-0.3, -0.25) is 4.79 Å². The number of ether oxygens (including phenoxy) is 1. The Labute approximate surface area is 97.2 Å². The molecule has 7 nitrogen and oxygen atoms in total. The van der Waals surface area contributed by atoms with Crippen LogP contribution >= 0.6 is 0 Å². The Morgan fingerprint density at radius 2 is 2.41 bits per heavy atom. The summed E-state index contributed by atoms with van der Waals surface area (Å²) in [5, 5.41) is 10.7. The topological polar surface area (TPSA) is 85.6 Å². The van der Waals surface area contributed by atoms with E-state index in [0.29, 0.717) is 13.0 Å². The lowest BCUT2D eigenvalue weighted by molar-refractivity contribution is -0.390. The highest BCUT2D eigenvalue weighted by molar-refractivity contribution is 5.83. The number of aromatic nitrogens is 1. The van der Waals surface area contributed by atoms with Gasteiger partial charge in [-0.05, 0) is 22.0 Å². The number of likely N-dealkylation sites (N-methyl/N-ethyl adjacent to an activating group) is 1. The quantitative estimate of drug-likeness (QED) is 0.567. The first-order valence-corrected chi connectivity index (χ1v) is 5.10. The van der Waals surface area contributed by atoms with Crippen molar-refractivity contribution in [2.24, 2.45) is 0 Å². The van der Waals surface area contributed by atoms with Gasteiger partial charge >= 0.3 is 5.82 Å². The number of hydrogen-bond acceptors (Lipinski definition) is 5. The van der Waals surface area contributed by atoms with Gasteiger partial charge < -0.3 is 19.8 Å². The average molecular weight is 237 g/mol. The van der Waals surface area contributed by atoms with Crippen molar-refractivity contribution < 1.29 is 14.5 Å². The van der Waals surface area contributed by atoms with E-state index in [4.69, 9.17) is 4.74 Å². The van der Waals surface area contributed by atoms with E-state index >= 15 is 0 Å². The van der Waals surface area contributed by atoms with Gasteiger partial charge in [0.15, 0.2) is 6.10 Å². The summed E-state index contributed by atoms with van der Waals surface area (Å²) in [6.45, 7) is 0.595. The van der Waals surface area contributed by atoms with E-state index in [0.717, 1.165) is 0 Å². The van der Waals surface area contributed by atoms with Crippen LogP contribution in [0.3, 0.4) is 0 Å². The number of hydrogen-bond donors (Lipinski definition) is 0. The fourth-order valence-electron chi connectivity index (χ4n) is 1.66. The first-order valence-electron chi connectivity index (χ1n) is 5.10. The molecule has 1 saturated heterocycles. The summed E-state index contributed by atoms with van der Waals surface area (Å²) < 4.78 is 5.36. The minimum atomic E-state index is -0.650. The van der Waals surface area contributed by atoms with E-state index in [9.17, 15) is 14.9 Å². The summed E-state index contributed by atoms with van der Waals surface area (Å²) >= 11 is 0. The van der Waals surface area contributed by atoms with Crippen molar-refractivity contribution >= 4 is 11.7 Å². The van der Waals surface area contributed by atoms with Crippen molar-refractivity contribution in [3.8, 4) is 5.75 Å². The normalized spacial score (nSPS) is 19.5. The highest BCUT2D eigenvalue weighted by atomic mass is 16.6.